The van der Waals surface area contributed by atoms with Crippen molar-refractivity contribution < 1.29 is 9.90 Å². The van der Waals surface area contributed by atoms with Gasteiger partial charge in [0.15, 0.2) is 5.82 Å². The van der Waals surface area contributed by atoms with Crippen molar-refractivity contribution in [2.75, 3.05) is 0 Å². The maximum atomic E-state index is 11.0. The number of rotatable bonds is 4. The molecule has 2 heterocycles. The second-order valence-electron chi connectivity index (χ2n) is 3.91. The molecule has 0 aliphatic heterocycles. The minimum Gasteiger partial charge on any atom is -0.481 e. The second-order valence-corrected chi connectivity index (χ2v) is 5.68. The van der Waals surface area contributed by atoms with Crippen molar-refractivity contribution >= 4 is 33.2 Å². The summed E-state index contributed by atoms with van der Waals surface area (Å²) in [4.78, 5) is 11.9. The van der Waals surface area contributed by atoms with E-state index in [1.807, 2.05) is 11.4 Å². The Balaban J connectivity index is 2.40. The molecule has 2 aromatic rings. The summed E-state index contributed by atoms with van der Waals surface area (Å²) in [6.07, 6.45) is 0. The summed E-state index contributed by atoms with van der Waals surface area (Å²) in [5.41, 5.74) is 0. The van der Waals surface area contributed by atoms with E-state index in [1.165, 1.54) is 11.3 Å². The van der Waals surface area contributed by atoms with E-state index in [0.717, 1.165) is 9.35 Å². The molecule has 0 saturated heterocycles. The number of nitrogens with zero attached hydrogens (tertiary/aromatic N) is 4. The van der Waals surface area contributed by atoms with Crippen molar-refractivity contribution in [3.05, 3.63) is 15.9 Å². The second kappa shape index (κ2) is 5.15. The first kappa shape index (κ1) is 13.2. The van der Waals surface area contributed by atoms with Gasteiger partial charge in [-0.3, -0.25) is 4.79 Å². The SMILES string of the molecule is CC(C(=O)O)C(C)n1nnnc1-c1sccc1Br. The molecule has 8 heteroatoms. The molecule has 0 saturated carbocycles. The average Bonchev–Trinajstić information content (AvgIpc) is 2.94. The number of thiophene rings is 1. The zero-order valence-electron chi connectivity index (χ0n) is 9.74. The minimum atomic E-state index is -0.866. The van der Waals surface area contributed by atoms with E-state index < -0.39 is 11.9 Å². The van der Waals surface area contributed by atoms with Crippen LogP contribution in [0.25, 0.3) is 10.7 Å². The van der Waals surface area contributed by atoms with Gasteiger partial charge in [0.2, 0.25) is 0 Å². The van der Waals surface area contributed by atoms with E-state index in [0.29, 0.717) is 5.82 Å². The first-order chi connectivity index (χ1) is 8.52. The number of aromatic nitrogens is 4. The van der Waals surface area contributed by atoms with E-state index in [1.54, 1.807) is 18.5 Å². The number of carboxylic acid groups (broad SMARTS) is 1. The third-order valence-electron chi connectivity index (χ3n) is 2.81. The quantitative estimate of drug-likeness (QED) is 0.931. The van der Waals surface area contributed by atoms with E-state index in [2.05, 4.69) is 31.5 Å². The van der Waals surface area contributed by atoms with Gasteiger partial charge in [-0.2, -0.15) is 0 Å². The molecule has 0 aliphatic rings. The van der Waals surface area contributed by atoms with Gasteiger partial charge in [0, 0.05) is 4.47 Å². The van der Waals surface area contributed by atoms with Crippen molar-refractivity contribution in [2.24, 2.45) is 5.92 Å². The van der Waals surface area contributed by atoms with Crippen molar-refractivity contribution in [2.45, 2.75) is 19.9 Å². The smallest absolute Gasteiger partial charge is 0.308 e. The molecule has 0 radical (unpaired) electrons. The number of halogens is 1. The molecular formula is C10H11BrN4O2S. The first-order valence-corrected chi connectivity index (χ1v) is 6.93. The van der Waals surface area contributed by atoms with E-state index in [-0.39, 0.29) is 6.04 Å². The Labute approximate surface area is 116 Å². The van der Waals surface area contributed by atoms with Crippen molar-refractivity contribution in [1.82, 2.24) is 20.2 Å². The minimum absolute atomic E-state index is 0.318. The lowest BCUT2D eigenvalue weighted by atomic mass is 10.0. The van der Waals surface area contributed by atoms with Crippen molar-refractivity contribution in [3.63, 3.8) is 0 Å². The summed E-state index contributed by atoms with van der Waals surface area (Å²) in [6.45, 7) is 3.43. The molecule has 0 amide bonds. The summed E-state index contributed by atoms with van der Waals surface area (Å²) < 4.78 is 2.45. The van der Waals surface area contributed by atoms with Gasteiger partial charge in [-0.15, -0.1) is 16.4 Å². The topological polar surface area (TPSA) is 80.9 Å². The molecule has 1 N–H and O–H groups in total. The Morgan fingerprint density at radius 3 is 2.83 bits per heavy atom. The predicted molar refractivity (Wildman–Crippen MR) is 70.3 cm³/mol. The van der Waals surface area contributed by atoms with Gasteiger partial charge in [-0.1, -0.05) is 0 Å². The summed E-state index contributed by atoms with van der Waals surface area (Å²) in [7, 11) is 0. The van der Waals surface area contributed by atoms with E-state index in [4.69, 9.17) is 5.11 Å². The lowest BCUT2D eigenvalue weighted by Gasteiger charge is -2.16. The van der Waals surface area contributed by atoms with Crippen LogP contribution in [0.1, 0.15) is 19.9 Å². The van der Waals surface area contributed by atoms with Crippen LogP contribution in [0, 0.1) is 5.92 Å². The third kappa shape index (κ3) is 2.30. The molecule has 0 fully saturated rings. The first-order valence-electron chi connectivity index (χ1n) is 5.26. The van der Waals surface area contributed by atoms with E-state index in [9.17, 15) is 4.79 Å². The number of hydrogen-bond acceptors (Lipinski definition) is 5. The summed E-state index contributed by atoms with van der Waals surface area (Å²) in [5, 5.41) is 22.5. The van der Waals surface area contributed by atoms with Crippen LogP contribution in [-0.2, 0) is 4.79 Å². The molecule has 18 heavy (non-hydrogen) atoms. The molecule has 0 spiro atoms. The predicted octanol–water partition coefficient (Wildman–Crippen LogP) is 2.45. The van der Waals surface area contributed by atoms with E-state index >= 15 is 0 Å². The zero-order chi connectivity index (χ0) is 13.3. The van der Waals surface area contributed by atoms with Crippen molar-refractivity contribution in [3.8, 4) is 10.7 Å². The van der Waals surface area contributed by atoms with Crippen LogP contribution in [0.5, 0.6) is 0 Å². The highest BCUT2D eigenvalue weighted by Gasteiger charge is 2.25. The number of aliphatic carboxylic acids is 1. The highest BCUT2D eigenvalue weighted by molar-refractivity contribution is 9.10. The molecular weight excluding hydrogens is 320 g/mol. The summed E-state index contributed by atoms with van der Waals surface area (Å²) >= 11 is 4.92. The van der Waals surface area contributed by atoms with Gasteiger partial charge < -0.3 is 5.11 Å². The Morgan fingerprint density at radius 1 is 1.56 bits per heavy atom. The molecule has 0 aliphatic carbocycles. The summed E-state index contributed by atoms with van der Waals surface area (Å²) in [6, 6.07) is 1.59. The molecule has 2 rings (SSSR count). The van der Waals surface area contributed by atoms with Gasteiger partial charge in [-0.25, -0.2) is 4.68 Å². The van der Waals surface area contributed by atoms with Crippen LogP contribution in [-0.4, -0.2) is 31.3 Å². The molecule has 2 aromatic heterocycles. The monoisotopic (exact) mass is 330 g/mol. The maximum absolute atomic E-state index is 11.0. The summed E-state index contributed by atoms with van der Waals surface area (Å²) in [5.74, 6) is -0.849. The largest absolute Gasteiger partial charge is 0.481 e. The van der Waals surface area contributed by atoms with Crippen LogP contribution in [0.4, 0.5) is 0 Å². The normalized spacial score (nSPS) is 14.4. The number of tetrazole rings is 1. The number of carboxylic acids is 1. The average molecular weight is 331 g/mol. The highest BCUT2D eigenvalue weighted by atomic mass is 79.9. The molecule has 2 unspecified atom stereocenters. The van der Waals surface area contributed by atoms with Gasteiger partial charge in [0.1, 0.15) is 0 Å². The molecule has 6 nitrogen and oxygen atoms in total. The fourth-order valence-electron chi connectivity index (χ4n) is 1.49. The Kier molecular flexibility index (Phi) is 3.76. The Hall–Kier alpha value is -1.28. The number of hydrogen-bond donors (Lipinski definition) is 1. The zero-order valence-corrected chi connectivity index (χ0v) is 12.1. The lowest BCUT2D eigenvalue weighted by molar-refractivity contribution is -0.142. The van der Waals surface area contributed by atoms with Gasteiger partial charge >= 0.3 is 5.97 Å². The highest BCUT2D eigenvalue weighted by Crippen LogP contribution is 2.33. The molecule has 0 aromatic carbocycles. The maximum Gasteiger partial charge on any atom is 0.308 e. The Morgan fingerprint density at radius 2 is 2.28 bits per heavy atom. The van der Waals surface area contributed by atoms with Crippen LogP contribution in [0.3, 0.4) is 0 Å². The third-order valence-corrected chi connectivity index (χ3v) is 4.65. The Bertz CT molecular complexity index is 568. The van der Waals surface area contributed by atoms with Gasteiger partial charge in [-0.05, 0) is 51.7 Å². The lowest BCUT2D eigenvalue weighted by Crippen LogP contribution is -2.23. The van der Waals surface area contributed by atoms with Gasteiger partial charge in [0.25, 0.3) is 0 Å². The number of carbonyl (C=O) groups is 1. The standard InChI is InChI=1S/C10H11BrN4O2S/c1-5(10(16)17)6(2)15-9(12-13-14-15)8-7(11)3-4-18-8/h3-6H,1-2H3,(H,16,17). The van der Waals surface area contributed by atoms with Crippen LogP contribution >= 0.6 is 27.3 Å². The molecule has 2 atom stereocenters. The molecule has 0 bridgehead atoms. The fraction of sp³-hybridized carbons (Fsp3) is 0.400. The van der Waals surface area contributed by atoms with Crippen LogP contribution < -0.4 is 0 Å². The van der Waals surface area contributed by atoms with Crippen LogP contribution in [0.15, 0.2) is 15.9 Å². The van der Waals surface area contributed by atoms with Crippen LogP contribution in [0.2, 0.25) is 0 Å². The van der Waals surface area contributed by atoms with Crippen molar-refractivity contribution in [1.29, 1.82) is 0 Å². The van der Waals surface area contributed by atoms with Gasteiger partial charge in [0.05, 0.1) is 16.8 Å². The molecule has 96 valence electrons. The fourth-order valence-corrected chi connectivity index (χ4v) is 3.01.